The summed E-state index contributed by atoms with van der Waals surface area (Å²) in [4.78, 5) is 27.2. The molecule has 1 aliphatic rings. The third-order valence-electron chi connectivity index (χ3n) is 5.46. The maximum absolute atomic E-state index is 13.0. The highest BCUT2D eigenvalue weighted by Crippen LogP contribution is 2.28. The predicted octanol–water partition coefficient (Wildman–Crippen LogP) is 3.76. The van der Waals surface area contributed by atoms with Crippen LogP contribution in [0.3, 0.4) is 0 Å². The number of anilines is 1. The minimum absolute atomic E-state index is 0.0625. The molecule has 0 radical (unpaired) electrons. The van der Waals surface area contributed by atoms with Crippen LogP contribution in [-0.4, -0.2) is 22.2 Å². The predicted molar refractivity (Wildman–Crippen MR) is 115 cm³/mol. The van der Waals surface area contributed by atoms with E-state index >= 15 is 0 Å². The SMILES string of the molecule is CCc1ccc(-c2ccc(=O)n(CC(=O)N3CCCc4cc(C)ccc43)n2)cc1. The molecule has 148 valence electrons. The quantitative estimate of drug-likeness (QED) is 0.685. The molecular weight excluding hydrogens is 362 g/mol. The summed E-state index contributed by atoms with van der Waals surface area (Å²) in [5, 5.41) is 4.46. The van der Waals surface area contributed by atoms with Crippen LogP contribution in [-0.2, 0) is 24.2 Å². The summed E-state index contributed by atoms with van der Waals surface area (Å²) in [5.41, 5.74) is 5.93. The van der Waals surface area contributed by atoms with E-state index in [4.69, 9.17) is 0 Å². The minimum Gasteiger partial charge on any atom is -0.311 e. The lowest BCUT2D eigenvalue weighted by Gasteiger charge is -2.30. The smallest absolute Gasteiger partial charge is 0.267 e. The van der Waals surface area contributed by atoms with Crippen molar-refractivity contribution in [2.45, 2.75) is 39.7 Å². The first-order valence-corrected chi connectivity index (χ1v) is 10.1. The van der Waals surface area contributed by atoms with Gasteiger partial charge >= 0.3 is 0 Å². The Morgan fingerprint density at radius 2 is 1.86 bits per heavy atom. The summed E-state index contributed by atoms with van der Waals surface area (Å²) in [6.45, 7) is 4.77. The molecule has 1 aromatic heterocycles. The second-order valence-corrected chi connectivity index (χ2v) is 7.55. The van der Waals surface area contributed by atoms with E-state index in [0.29, 0.717) is 12.2 Å². The molecule has 0 N–H and O–H groups in total. The van der Waals surface area contributed by atoms with Crippen LogP contribution < -0.4 is 10.5 Å². The fraction of sp³-hybridized carbons (Fsp3) is 0.292. The van der Waals surface area contributed by atoms with Crippen LogP contribution in [0.4, 0.5) is 5.69 Å². The number of carbonyl (C=O) groups is 1. The summed E-state index contributed by atoms with van der Waals surface area (Å²) in [6.07, 6.45) is 2.87. The molecule has 2 aromatic carbocycles. The first-order valence-electron chi connectivity index (χ1n) is 10.1. The van der Waals surface area contributed by atoms with Crippen LogP contribution in [0.25, 0.3) is 11.3 Å². The number of hydrogen-bond donors (Lipinski definition) is 0. The highest BCUT2D eigenvalue weighted by Gasteiger charge is 2.23. The van der Waals surface area contributed by atoms with E-state index in [1.165, 1.54) is 27.4 Å². The second kappa shape index (κ2) is 8.03. The van der Waals surface area contributed by atoms with E-state index in [9.17, 15) is 9.59 Å². The van der Waals surface area contributed by atoms with Crippen LogP contribution in [0.15, 0.2) is 59.4 Å². The van der Waals surface area contributed by atoms with E-state index in [0.717, 1.165) is 30.5 Å². The molecule has 0 atom stereocenters. The van der Waals surface area contributed by atoms with Crippen molar-refractivity contribution in [3.05, 3.63) is 81.6 Å². The van der Waals surface area contributed by atoms with E-state index in [2.05, 4.69) is 37.1 Å². The van der Waals surface area contributed by atoms with Crippen LogP contribution in [0.2, 0.25) is 0 Å². The third-order valence-corrected chi connectivity index (χ3v) is 5.46. The largest absolute Gasteiger partial charge is 0.311 e. The first kappa shape index (κ1) is 19.1. The van der Waals surface area contributed by atoms with E-state index in [1.807, 2.05) is 24.3 Å². The molecule has 0 unspecified atom stereocenters. The zero-order valence-corrected chi connectivity index (χ0v) is 16.9. The molecule has 5 nitrogen and oxygen atoms in total. The lowest BCUT2D eigenvalue weighted by molar-refractivity contribution is -0.119. The number of nitrogens with zero attached hydrogens (tertiary/aromatic N) is 3. The van der Waals surface area contributed by atoms with Crippen molar-refractivity contribution in [1.82, 2.24) is 9.78 Å². The van der Waals surface area contributed by atoms with Crippen molar-refractivity contribution in [2.24, 2.45) is 0 Å². The van der Waals surface area contributed by atoms with Crippen molar-refractivity contribution in [2.75, 3.05) is 11.4 Å². The number of benzene rings is 2. The lowest BCUT2D eigenvalue weighted by atomic mass is 9.99. The molecule has 2 heterocycles. The highest BCUT2D eigenvalue weighted by molar-refractivity contribution is 5.94. The number of aryl methyl sites for hydroxylation is 3. The second-order valence-electron chi connectivity index (χ2n) is 7.55. The van der Waals surface area contributed by atoms with E-state index < -0.39 is 0 Å². The summed E-state index contributed by atoms with van der Waals surface area (Å²) in [6, 6.07) is 17.5. The van der Waals surface area contributed by atoms with Crippen LogP contribution >= 0.6 is 0 Å². The standard InChI is InChI=1S/C24H25N3O2/c1-3-18-7-9-19(10-8-18)21-11-13-23(28)27(25-21)16-24(29)26-14-4-5-20-15-17(2)6-12-22(20)26/h6-13,15H,3-5,14,16H2,1-2H3. The van der Waals surface area contributed by atoms with Crippen molar-refractivity contribution in [1.29, 1.82) is 0 Å². The average Bonchev–Trinajstić information content (AvgIpc) is 2.74. The molecule has 5 heteroatoms. The maximum Gasteiger partial charge on any atom is 0.267 e. The van der Waals surface area contributed by atoms with Gasteiger partial charge in [0.1, 0.15) is 6.54 Å². The van der Waals surface area contributed by atoms with E-state index in [-0.39, 0.29) is 18.0 Å². The summed E-state index contributed by atoms with van der Waals surface area (Å²) >= 11 is 0. The Labute approximate surface area is 170 Å². The van der Waals surface area contributed by atoms with E-state index in [1.54, 1.807) is 11.0 Å². The Balaban J connectivity index is 1.60. The van der Waals surface area contributed by atoms with Crippen LogP contribution in [0, 0.1) is 6.92 Å². The molecule has 0 fully saturated rings. The fourth-order valence-electron chi connectivity index (χ4n) is 3.83. The highest BCUT2D eigenvalue weighted by atomic mass is 16.2. The van der Waals surface area contributed by atoms with Crippen LogP contribution in [0.5, 0.6) is 0 Å². The number of amides is 1. The van der Waals surface area contributed by atoms with Gasteiger partial charge in [-0.25, -0.2) is 4.68 Å². The number of aromatic nitrogens is 2. The Morgan fingerprint density at radius 1 is 1.07 bits per heavy atom. The van der Waals surface area contributed by atoms with Crippen LogP contribution in [0.1, 0.15) is 30.0 Å². The molecular formula is C24H25N3O2. The molecule has 3 aromatic rings. The molecule has 0 saturated heterocycles. The van der Waals surface area contributed by atoms with Gasteiger partial charge in [-0.05, 0) is 49.4 Å². The zero-order valence-electron chi connectivity index (χ0n) is 16.9. The molecule has 0 bridgehead atoms. The van der Waals surface area contributed by atoms with Gasteiger partial charge < -0.3 is 4.90 Å². The first-order chi connectivity index (χ1) is 14.0. The molecule has 4 rings (SSSR count). The topological polar surface area (TPSA) is 55.2 Å². The Hall–Kier alpha value is -3.21. The molecule has 0 spiro atoms. The number of carbonyl (C=O) groups excluding carboxylic acids is 1. The summed E-state index contributed by atoms with van der Waals surface area (Å²) in [7, 11) is 0. The van der Waals surface area contributed by atoms with Gasteiger partial charge in [0.05, 0.1) is 5.69 Å². The van der Waals surface area contributed by atoms with Gasteiger partial charge in [0.15, 0.2) is 0 Å². The summed E-state index contributed by atoms with van der Waals surface area (Å²) in [5.74, 6) is -0.108. The van der Waals surface area contributed by atoms with Gasteiger partial charge in [0.25, 0.3) is 5.56 Å². The van der Waals surface area contributed by atoms with Gasteiger partial charge in [-0.15, -0.1) is 0 Å². The van der Waals surface area contributed by atoms with Gasteiger partial charge in [-0.1, -0.05) is 48.9 Å². The zero-order chi connectivity index (χ0) is 20.4. The monoisotopic (exact) mass is 387 g/mol. The fourth-order valence-corrected chi connectivity index (χ4v) is 3.83. The molecule has 29 heavy (non-hydrogen) atoms. The molecule has 1 amide bonds. The van der Waals surface area contributed by atoms with Gasteiger partial charge in [0.2, 0.25) is 5.91 Å². The van der Waals surface area contributed by atoms with Crippen molar-refractivity contribution in [3.63, 3.8) is 0 Å². The average molecular weight is 387 g/mol. The summed E-state index contributed by atoms with van der Waals surface area (Å²) < 4.78 is 1.27. The molecule has 0 saturated carbocycles. The normalized spacial score (nSPS) is 13.2. The minimum atomic E-state index is -0.270. The number of fused-ring (bicyclic) bond motifs is 1. The Bertz CT molecular complexity index is 1100. The third kappa shape index (κ3) is 3.99. The Kier molecular flexibility index (Phi) is 5.30. The molecule has 1 aliphatic heterocycles. The van der Waals surface area contributed by atoms with Crippen molar-refractivity contribution >= 4 is 11.6 Å². The number of rotatable bonds is 4. The molecule has 0 aliphatic carbocycles. The maximum atomic E-state index is 13.0. The lowest BCUT2D eigenvalue weighted by Crippen LogP contribution is -2.40. The Morgan fingerprint density at radius 3 is 2.62 bits per heavy atom. The number of hydrogen-bond acceptors (Lipinski definition) is 3. The van der Waals surface area contributed by atoms with Crippen molar-refractivity contribution < 1.29 is 4.79 Å². The van der Waals surface area contributed by atoms with Crippen molar-refractivity contribution in [3.8, 4) is 11.3 Å². The van der Waals surface area contributed by atoms with Gasteiger partial charge in [-0.2, -0.15) is 5.10 Å². The van der Waals surface area contributed by atoms with Gasteiger partial charge in [-0.3, -0.25) is 9.59 Å². The van der Waals surface area contributed by atoms with Gasteiger partial charge in [0, 0.05) is 23.9 Å².